The highest BCUT2D eigenvalue weighted by molar-refractivity contribution is 5.35. The Balaban J connectivity index is 1.63. The minimum absolute atomic E-state index is 0.333. The van der Waals surface area contributed by atoms with E-state index in [0.717, 1.165) is 19.3 Å². The molecule has 1 fully saturated rings. The summed E-state index contributed by atoms with van der Waals surface area (Å²) in [4.78, 5) is 4.11. The molecule has 0 radical (unpaired) electrons. The number of hydrogen-bond donors (Lipinski definition) is 1. The molecule has 1 aromatic heterocycles. The van der Waals surface area contributed by atoms with E-state index in [-0.39, 0.29) is 0 Å². The maximum Gasteiger partial charge on any atom is 0.219 e. The average Bonchev–Trinajstić information content (AvgIpc) is 2.45. The van der Waals surface area contributed by atoms with E-state index in [4.69, 9.17) is 9.47 Å². The SMILES string of the molecule is OC1(COc2cccc(Oc3ccccn3)c2)CCC1. The molecule has 1 heterocycles. The van der Waals surface area contributed by atoms with Gasteiger partial charge in [0.25, 0.3) is 0 Å². The van der Waals surface area contributed by atoms with Crippen LogP contribution in [0.4, 0.5) is 0 Å². The lowest BCUT2D eigenvalue weighted by molar-refractivity contribution is -0.0663. The summed E-state index contributed by atoms with van der Waals surface area (Å²) < 4.78 is 11.3. The van der Waals surface area contributed by atoms with Crippen molar-refractivity contribution in [3.8, 4) is 17.4 Å². The van der Waals surface area contributed by atoms with E-state index in [9.17, 15) is 5.11 Å². The second-order valence-electron chi connectivity index (χ2n) is 5.11. The van der Waals surface area contributed by atoms with Crippen LogP contribution in [0.25, 0.3) is 0 Å². The predicted molar refractivity (Wildman–Crippen MR) is 75.0 cm³/mol. The third-order valence-electron chi connectivity index (χ3n) is 3.46. The van der Waals surface area contributed by atoms with E-state index in [0.29, 0.717) is 24.0 Å². The van der Waals surface area contributed by atoms with Gasteiger partial charge in [-0.3, -0.25) is 0 Å². The minimum atomic E-state index is -0.641. The fourth-order valence-electron chi connectivity index (χ4n) is 2.10. The standard InChI is InChI=1S/C16H17NO3/c18-16(8-4-9-16)12-19-13-5-3-6-14(11-13)20-15-7-1-2-10-17-15/h1-3,5-7,10-11,18H,4,8-9,12H2. The summed E-state index contributed by atoms with van der Waals surface area (Å²) in [5, 5.41) is 10.0. The zero-order chi connectivity index (χ0) is 13.8. The largest absolute Gasteiger partial charge is 0.490 e. The quantitative estimate of drug-likeness (QED) is 0.907. The molecule has 0 atom stereocenters. The maximum absolute atomic E-state index is 10.0. The number of ether oxygens (including phenoxy) is 2. The van der Waals surface area contributed by atoms with Gasteiger partial charge in [0.1, 0.15) is 18.1 Å². The Bertz CT molecular complexity index is 567. The molecule has 104 valence electrons. The minimum Gasteiger partial charge on any atom is -0.490 e. The molecule has 1 N–H and O–H groups in total. The van der Waals surface area contributed by atoms with Crippen molar-refractivity contribution in [1.29, 1.82) is 0 Å². The van der Waals surface area contributed by atoms with Gasteiger partial charge in [-0.25, -0.2) is 4.98 Å². The van der Waals surface area contributed by atoms with Crippen LogP contribution < -0.4 is 9.47 Å². The lowest BCUT2D eigenvalue weighted by Crippen LogP contribution is -2.42. The van der Waals surface area contributed by atoms with Gasteiger partial charge in [-0.1, -0.05) is 12.1 Å². The van der Waals surface area contributed by atoms with E-state index in [1.165, 1.54) is 0 Å². The molecule has 0 bridgehead atoms. The molecule has 0 unspecified atom stereocenters. The average molecular weight is 271 g/mol. The summed E-state index contributed by atoms with van der Waals surface area (Å²) in [6, 6.07) is 12.9. The molecule has 1 saturated carbocycles. The van der Waals surface area contributed by atoms with E-state index >= 15 is 0 Å². The van der Waals surface area contributed by atoms with E-state index in [2.05, 4.69) is 4.98 Å². The van der Waals surface area contributed by atoms with Crippen LogP contribution in [0.3, 0.4) is 0 Å². The Morgan fingerprint density at radius 2 is 1.95 bits per heavy atom. The Kier molecular flexibility index (Phi) is 3.56. The number of pyridine rings is 1. The van der Waals surface area contributed by atoms with Crippen molar-refractivity contribution in [3.63, 3.8) is 0 Å². The van der Waals surface area contributed by atoms with Gasteiger partial charge in [-0.15, -0.1) is 0 Å². The second-order valence-corrected chi connectivity index (χ2v) is 5.11. The fourth-order valence-corrected chi connectivity index (χ4v) is 2.10. The lowest BCUT2D eigenvalue weighted by atomic mass is 9.81. The molecular weight excluding hydrogens is 254 g/mol. The van der Waals surface area contributed by atoms with Crippen molar-refractivity contribution in [2.75, 3.05) is 6.61 Å². The van der Waals surface area contributed by atoms with Crippen LogP contribution >= 0.6 is 0 Å². The molecule has 0 saturated heterocycles. The van der Waals surface area contributed by atoms with Gasteiger partial charge in [0.05, 0.1) is 5.60 Å². The number of aromatic nitrogens is 1. The first-order valence-electron chi connectivity index (χ1n) is 6.78. The number of benzene rings is 1. The highest BCUT2D eigenvalue weighted by Gasteiger charge is 2.35. The van der Waals surface area contributed by atoms with Crippen LogP contribution in [-0.4, -0.2) is 22.3 Å². The summed E-state index contributed by atoms with van der Waals surface area (Å²) in [5.74, 6) is 1.91. The maximum atomic E-state index is 10.0. The third kappa shape index (κ3) is 3.08. The van der Waals surface area contributed by atoms with E-state index in [1.807, 2.05) is 30.3 Å². The van der Waals surface area contributed by atoms with Gasteiger partial charge in [-0.05, 0) is 37.5 Å². The summed E-state index contributed by atoms with van der Waals surface area (Å²) in [6.07, 6.45) is 4.39. The highest BCUT2D eigenvalue weighted by Crippen LogP contribution is 2.32. The van der Waals surface area contributed by atoms with Crippen LogP contribution in [0.15, 0.2) is 48.7 Å². The topological polar surface area (TPSA) is 51.6 Å². The van der Waals surface area contributed by atoms with Crippen molar-refractivity contribution in [3.05, 3.63) is 48.7 Å². The molecule has 1 aliphatic carbocycles. The fraction of sp³-hybridized carbons (Fsp3) is 0.312. The summed E-state index contributed by atoms with van der Waals surface area (Å²) in [6.45, 7) is 0.333. The van der Waals surface area contributed by atoms with Crippen molar-refractivity contribution in [2.45, 2.75) is 24.9 Å². The van der Waals surface area contributed by atoms with E-state index < -0.39 is 5.60 Å². The van der Waals surface area contributed by atoms with E-state index in [1.54, 1.807) is 18.3 Å². The molecule has 0 amide bonds. The van der Waals surface area contributed by atoms with Crippen LogP contribution in [0.2, 0.25) is 0 Å². The van der Waals surface area contributed by atoms with Crippen molar-refractivity contribution >= 4 is 0 Å². The molecule has 20 heavy (non-hydrogen) atoms. The van der Waals surface area contributed by atoms with Crippen LogP contribution in [0.1, 0.15) is 19.3 Å². The number of nitrogens with zero attached hydrogens (tertiary/aromatic N) is 1. The molecule has 4 heteroatoms. The van der Waals surface area contributed by atoms with Crippen LogP contribution in [-0.2, 0) is 0 Å². The smallest absolute Gasteiger partial charge is 0.219 e. The van der Waals surface area contributed by atoms with Gasteiger partial charge in [0, 0.05) is 18.3 Å². The Morgan fingerprint density at radius 1 is 1.10 bits per heavy atom. The van der Waals surface area contributed by atoms with Crippen molar-refractivity contribution in [1.82, 2.24) is 4.98 Å². The summed E-state index contributed by atoms with van der Waals surface area (Å²) in [5.41, 5.74) is -0.641. The predicted octanol–water partition coefficient (Wildman–Crippen LogP) is 3.17. The Labute approximate surface area is 118 Å². The van der Waals surface area contributed by atoms with Crippen LogP contribution in [0, 0.1) is 0 Å². The van der Waals surface area contributed by atoms with Gasteiger partial charge in [0.15, 0.2) is 0 Å². The number of rotatable bonds is 5. The molecule has 0 aliphatic heterocycles. The second kappa shape index (κ2) is 5.51. The first-order chi connectivity index (χ1) is 9.73. The van der Waals surface area contributed by atoms with Gasteiger partial charge in [-0.2, -0.15) is 0 Å². The molecule has 4 nitrogen and oxygen atoms in total. The normalized spacial score (nSPS) is 16.2. The molecule has 2 aromatic rings. The monoisotopic (exact) mass is 271 g/mol. The zero-order valence-corrected chi connectivity index (χ0v) is 11.2. The van der Waals surface area contributed by atoms with Crippen LogP contribution in [0.5, 0.6) is 17.4 Å². The zero-order valence-electron chi connectivity index (χ0n) is 11.2. The van der Waals surface area contributed by atoms with Gasteiger partial charge >= 0.3 is 0 Å². The highest BCUT2D eigenvalue weighted by atomic mass is 16.5. The summed E-state index contributed by atoms with van der Waals surface area (Å²) >= 11 is 0. The van der Waals surface area contributed by atoms with Gasteiger partial charge in [0.2, 0.25) is 5.88 Å². The molecule has 1 aliphatic rings. The third-order valence-corrected chi connectivity index (χ3v) is 3.46. The molecular formula is C16H17NO3. The Hall–Kier alpha value is -2.07. The van der Waals surface area contributed by atoms with Crippen molar-refractivity contribution in [2.24, 2.45) is 0 Å². The van der Waals surface area contributed by atoms with Gasteiger partial charge < -0.3 is 14.6 Å². The first-order valence-corrected chi connectivity index (χ1v) is 6.78. The Morgan fingerprint density at radius 3 is 2.65 bits per heavy atom. The number of aliphatic hydroxyl groups is 1. The molecule has 3 rings (SSSR count). The summed E-state index contributed by atoms with van der Waals surface area (Å²) in [7, 11) is 0. The molecule has 0 spiro atoms. The number of hydrogen-bond acceptors (Lipinski definition) is 4. The molecule has 1 aromatic carbocycles. The first kappa shape index (κ1) is 12.9. The van der Waals surface area contributed by atoms with Crippen molar-refractivity contribution < 1.29 is 14.6 Å². The lowest BCUT2D eigenvalue weighted by Gasteiger charge is -2.35.